The summed E-state index contributed by atoms with van der Waals surface area (Å²) in [6.45, 7) is 4.63. The number of nitrogens with one attached hydrogen (secondary N) is 1. The quantitative estimate of drug-likeness (QED) is 0.943. The van der Waals surface area contributed by atoms with Crippen LogP contribution in [0.4, 0.5) is 0 Å². The summed E-state index contributed by atoms with van der Waals surface area (Å²) in [6, 6.07) is 10.2. The van der Waals surface area contributed by atoms with Gasteiger partial charge in [0.05, 0.1) is 11.4 Å². The second-order valence-corrected chi connectivity index (χ2v) is 6.97. The Morgan fingerprint density at radius 2 is 2.00 bits per heavy atom. The summed E-state index contributed by atoms with van der Waals surface area (Å²) >= 11 is 0. The number of amides is 1. The molecule has 2 fully saturated rings. The highest BCUT2D eigenvalue weighted by Crippen LogP contribution is 2.57. The van der Waals surface area contributed by atoms with Crippen LogP contribution < -0.4 is 5.32 Å². The Morgan fingerprint density at radius 3 is 2.70 bits per heavy atom. The molecular formula is C19H23N3O. The standard InChI is InChI=1S/C19H23N3O/c1-12-10-13(2)22(21-12)17-9-4-3-6-14(17)11-20-19(23)18-15-7-5-8-16(15)18/h3-4,6,9-10,15-16,18H,5,7-8,11H2,1-2H3,(H,20,23)/t15-,16-/m1/s1. The maximum atomic E-state index is 12.4. The molecule has 0 spiro atoms. The number of carbonyl (C=O) groups is 1. The van der Waals surface area contributed by atoms with E-state index in [4.69, 9.17) is 0 Å². The van der Waals surface area contributed by atoms with Crippen molar-refractivity contribution in [3.63, 3.8) is 0 Å². The van der Waals surface area contributed by atoms with E-state index in [0.29, 0.717) is 18.4 Å². The zero-order chi connectivity index (χ0) is 16.0. The van der Waals surface area contributed by atoms with Crippen LogP contribution in [0.1, 0.15) is 36.2 Å². The van der Waals surface area contributed by atoms with Crippen molar-refractivity contribution in [3.8, 4) is 5.69 Å². The average molecular weight is 309 g/mol. The number of hydrogen-bond acceptors (Lipinski definition) is 2. The molecule has 4 heteroatoms. The number of aromatic nitrogens is 2. The third kappa shape index (κ3) is 2.56. The van der Waals surface area contributed by atoms with E-state index >= 15 is 0 Å². The van der Waals surface area contributed by atoms with E-state index in [0.717, 1.165) is 22.6 Å². The Balaban J connectivity index is 1.49. The monoisotopic (exact) mass is 309 g/mol. The molecule has 2 aliphatic rings. The maximum absolute atomic E-state index is 12.4. The van der Waals surface area contributed by atoms with E-state index in [1.807, 2.05) is 23.7 Å². The topological polar surface area (TPSA) is 46.9 Å². The summed E-state index contributed by atoms with van der Waals surface area (Å²) in [5.74, 6) is 1.86. The Kier molecular flexibility index (Phi) is 3.47. The van der Waals surface area contributed by atoms with E-state index in [9.17, 15) is 4.79 Å². The summed E-state index contributed by atoms with van der Waals surface area (Å²) in [7, 11) is 0. The molecule has 1 aromatic heterocycles. The van der Waals surface area contributed by atoms with Crippen molar-refractivity contribution in [1.29, 1.82) is 0 Å². The van der Waals surface area contributed by atoms with Crippen LogP contribution >= 0.6 is 0 Å². The molecule has 1 aromatic carbocycles. The van der Waals surface area contributed by atoms with Crippen LogP contribution in [0.3, 0.4) is 0 Å². The molecule has 2 aliphatic carbocycles. The first-order valence-electron chi connectivity index (χ1n) is 8.54. The molecule has 1 heterocycles. The van der Waals surface area contributed by atoms with Gasteiger partial charge in [-0.15, -0.1) is 0 Å². The van der Waals surface area contributed by atoms with Crippen LogP contribution in [0.15, 0.2) is 30.3 Å². The van der Waals surface area contributed by atoms with Gasteiger partial charge in [-0.2, -0.15) is 5.10 Å². The Hall–Kier alpha value is -2.10. The highest BCUT2D eigenvalue weighted by molar-refractivity contribution is 5.82. The molecule has 2 saturated carbocycles. The SMILES string of the molecule is Cc1cc(C)n(-c2ccccc2CNC(=O)C2[C@@H]3CCC[C@@H]23)n1. The minimum Gasteiger partial charge on any atom is -0.352 e. The number of aryl methyl sites for hydroxylation is 2. The minimum atomic E-state index is 0.239. The van der Waals surface area contributed by atoms with Gasteiger partial charge in [0.1, 0.15) is 0 Å². The number of para-hydroxylation sites is 1. The lowest BCUT2D eigenvalue weighted by Gasteiger charge is -2.12. The molecule has 120 valence electrons. The Bertz CT molecular complexity index is 739. The molecule has 0 saturated heterocycles. The molecule has 0 aliphatic heterocycles. The highest BCUT2D eigenvalue weighted by Gasteiger charge is 2.56. The van der Waals surface area contributed by atoms with Gasteiger partial charge in [-0.05, 0) is 56.2 Å². The second kappa shape index (κ2) is 5.52. The lowest BCUT2D eigenvalue weighted by Crippen LogP contribution is -2.26. The van der Waals surface area contributed by atoms with E-state index in [2.05, 4.69) is 35.5 Å². The first kappa shape index (κ1) is 14.5. The van der Waals surface area contributed by atoms with Gasteiger partial charge in [-0.1, -0.05) is 24.6 Å². The smallest absolute Gasteiger partial charge is 0.223 e. The lowest BCUT2D eigenvalue weighted by molar-refractivity contribution is -0.123. The number of nitrogens with zero attached hydrogens (tertiary/aromatic N) is 2. The number of benzene rings is 1. The fraction of sp³-hybridized carbons (Fsp3) is 0.474. The minimum absolute atomic E-state index is 0.239. The number of fused-ring (bicyclic) bond motifs is 1. The molecule has 4 rings (SSSR count). The van der Waals surface area contributed by atoms with Crippen LogP contribution in [-0.2, 0) is 11.3 Å². The van der Waals surface area contributed by atoms with Crippen molar-refractivity contribution in [2.24, 2.45) is 17.8 Å². The van der Waals surface area contributed by atoms with Crippen molar-refractivity contribution in [3.05, 3.63) is 47.3 Å². The van der Waals surface area contributed by atoms with Crippen molar-refractivity contribution in [2.75, 3.05) is 0 Å². The fourth-order valence-electron chi connectivity index (χ4n) is 4.25. The van der Waals surface area contributed by atoms with Crippen molar-refractivity contribution >= 4 is 5.91 Å². The van der Waals surface area contributed by atoms with Crippen LogP contribution in [-0.4, -0.2) is 15.7 Å². The van der Waals surface area contributed by atoms with Crippen LogP contribution in [0.25, 0.3) is 5.69 Å². The first-order valence-corrected chi connectivity index (χ1v) is 8.54. The molecule has 0 bridgehead atoms. The predicted octanol–water partition coefficient (Wildman–Crippen LogP) is 3.15. The van der Waals surface area contributed by atoms with Gasteiger partial charge in [0.2, 0.25) is 5.91 Å². The van der Waals surface area contributed by atoms with E-state index in [-0.39, 0.29) is 11.8 Å². The Labute approximate surface area is 136 Å². The third-order valence-electron chi connectivity index (χ3n) is 5.39. The maximum Gasteiger partial charge on any atom is 0.223 e. The van der Waals surface area contributed by atoms with Gasteiger partial charge < -0.3 is 5.32 Å². The number of hydrogen-bond donors (Lipinski definition) is 1. The van der Waals surface area contributed by atoms with E-state index in [1.54, 1.807) is 0 Å². The fourth-order valence-corrected chi connectivity index (χ4v) is 4.25. The second-order valence-electron chi connectivity index (χ2n) is 6.97. The van der Waals surface area contributed by atoms with Gasteiger partial charge in [0.25, 0.3) is 0 Å². The third-order valence-corrected chi connectivity index (χ3v) is 5.39. The molecule has 2 atom stereocenters. The van der Waals surface area contributed by atoms with Gasteiger partial charge in [-0.3, -0.25) is 4.79 Å². The summed E-state index contributed by atoms with van der Waals surface area (Å²) in [4.78, 5) is 12.4. The molecule has 23 heavy (non-hydrogen) atoms. The molecule has 0 unspecified atom stereocenters. The number of carbonyl (C=O) groups excluding carboxylic acids is 1. The van der Waals surface area contributed by atoms with E-state index in [1.165, 1.54) is 19.3 Å². The summed E-state index contributed by atoms with van der Waals surface area (Å²) in [5.41, 5.74) is 4.28. The summed E-state index contributed by atoms with van der Waals surface area (Å²) in [6.07, 6.45) is 3.79. The largest absolute Gasteiger partial charge is 0.352 e. The first-order chi connectivity index (χ1) is 11.1. The van der Waals surface area contributed by atoms with Gasteiger partial charge in [-0.25, -0.2) is 4.68 Å². The zero-order valence-corrected chi connectivity index (χ0v) is 13.7. The van der Waals surface area contributed by atoms with Crippen LogP contribution in [0.5, 0.6) is 0 Å². The van der Waals surface area contributed by atoms with Crippen LogP contribution in [0, 0.1) is 31.6 Å². The summed E-state index contributed by atoms with van der Waals surface area (Å²) in [5, 5.41) is 7.71. The lowest BCUT2D eigenvalue weighted by atomic mass is 10.1. The molecule has 2 aromatic rings. The molecule has 0 radical (unpaired) electrons. The highest BCUT2D eigenvalue weighted by atomic mass is 16.2. The Morgan fingerprint density at radius 1 is 1.26 bits per heavy atom. The van der Waals surface area contributed by atoms with Crippen LogP contribution in [0.2, 0.25) is 0 Å². The van der Waals surface area contributed by atoms with Gasteiger partial charge in [0, 0.05) is 18.2 Å². The average Bonchev–Trinajstić information content (AvgIpc) is 2.86. The van der Waals surface area contributed by atoms with Gasteiger partial charge in [0.15, 0.2) is 0 Å². The summed E-state index contributed by atoms with van der Waals surface area (Å²) < 4.78 is 1.96. The molecular weight excluding hydrogens is 286 g/mol. The van der Waals surface area contributed by atoms with Gasteiger partial charge >= 0.3 is 0 Å². The molecule has 4 nitrogen and oxygen atoms in total. The zero-order valence-electron chi connectivity index (χ0n) is 13.7. The number of rotatable bonds is 4. The molecule has 1 N–H and O–H groups in total. The van der Waals surface area contributed by atoms with Crippen molar-refractivity contribution in [1.82, 2.24) is 15.1 Å². The van der Waals surface area contributed by atoms with Crippen molar-refractivity contribution < 1.29 is 4.79 Å². The molecule has 1 amide bonds. The van der Waals surface area contributed by atoms with Crippen molar-refractivity contribution in [2.45, 2.75) is 39.7 Å². The normalized spacial score (nSPS) is 25.2. The van der Waals surface area contributed by atoms with E-state index < -0.39 is 0 Å². The predicted molar refractivity (Wildman–Crippen MR) is 89.2 cm³/mol.